The van der Waals surface area contributed by atoms with Crippen LogP contribution in [0.5, 0.6) is 0 Å². The molecule has 2 rings (SSSR count). The molecule has 1 aromatic heterocycles. The second-order valence-electron chi connectivity index (χ2n) is 4.70. The van der Waals surface area contributed by atoms with Crippen LogP contribution in [0.4, 0.5) is 0 Å². The van der Waals surface area contributed by atoms with Crippen molar-refractivity contribution in [1.29, 1.82) is 0 Å². The fourth-order valence-corrected chi connectivity index (χ4v) is 2.15. The van der Waals surface area contributed by atoms with E-state index in [1.165, 1.54) is 6.42 Å². The third-order valence-electron chi connectivity index (χ3n) is 3.19. The van der Waals surface area contributed by atoms with Gasteiger partial charge in [0.25, 0.3) is 0 Å². The molecule has 0 aromatic carbocycles. The number of aryl methyl sites for hydroxylation is 1. The quantitative estimate of drug-likeness (QED) is 0.835. The zero-order valence-electron chi connectivity index (χ0n) is 10.7. The lowest BCUT2D eigenvalue weighted by Gasteiger charge is -2.07. The molecule has 1 aliphatic rings. The lowest BCUT2D eigenvalue weighted by Crippen LogP contribution is -2.23. The minimum absolute atomic E-state index is 0. The number of aromatic nitrogens is 2. The van der Waals surface area contributed by atoms with Gasteiger partial charge in [0.05, 0.1) is 6.20 Å². The predicted octanol–water partition coefficient (Wildman–Crippen LogP) is 0.848. The summed E-state index contributed by atoms with van der Waals surface area (Å²) < 4.78 is 1.74. The summed E-state index contributed by atoms with van der Waals surface area (Å²) in [6.07, 6.45) is 6.52. The van der Waals surface area contributed by atoms with Crippen molar-refractivity contribution in [3.8, 4) is 0 Å². The van der Waals surface area contributed by atoms with Crippen LogP contribution in [0.15, 0.2) is 12.4 Å². The highest BCUT2D eigenvalue weighted by Crippen LogP contribution is 2.13. The van der Waals surface area contributed by atoms with Gasteiger partial charge in [-0.15, -0.1) is 12.4 Å². The smallest absolute Gasteiger partial charge is 0.220 e. The Morgan fingerprint density at radius 3 is 3.11 bits per heavy atom. The van der Waals surface area contributed by atoms with Crippen molar-refractivity contribution >= 4 is 18.3 Å². The molecular formula is C12H21ClN4O. The van der Waals surface area contributed by atoms with Gasteiger partial charge >= 0.3 is 0 Å². The molecule has 0 spiro atoms. The van der Waals surface area contributed by atoms with E-state index in [1.54, 1.807) is 10.9 Å². The summed E-state index contributed by atoms with van der Waals surface area (Å²) in [5.74, 6) is 0.819. The van der Waals surface area contributed by atoms with Gasteiger partial charge in [0, 0.05) is 31.8 Å². The van der Waals surface area contributed by atoms with Crippen molar-refractivity contribution in [1.82, 2.24) is 20.4 Å². The number of nitrogens with zero attached hydrogens (tertiary/aromatic N) is 2. The fraction of sp³-hybridized carbons (Fsp3) is 0.667. The van der Waals surface area contributed by atoms with Gasteiger partial charge in [-0.25, -0.2) is 0 Å². The van der Waals surface area contributed by atoms with Crippen LogP contribution in [-0.4, -0.2) is 28.8 Å². The summed E-state index contributed by atoms with van der Waals surface area (Å²) in [5, 5.41) is 10.3. The maximum absolute atomic E-state index is 11.6. The second kappa shape index (κ2) is 7.38. The number of nitrogens with one attached hydrogen (secondary N) is 2. The number of hydrogen-bond donors (Lipinski definition) is 2. The Balaban J connectivity index is 0.00000162. The minimum Gasteiger partial charge on any atom is -0.352 e. The summed E-state index contributed by atoms with van der Waals surface area (Å²) >= 11 is 0. The van der Waals surface area contributed by atoms with Gasteiger partial charge in [0.15, 0.2) is 0 Å². The van der Waals surface area contributed by atoms with Gasteiger partial charge in [-0.3, -0.25) is 9.48 Å². The molecular weight excluding hydrogens is 252 g/mol. The van der Waals surface area contributed by atoms with Crippen LogP contribution in [0.2, 0.25) is 0 Å². The number of rotatable bonds is 5. The average molecular weight is 273 g/mol. The van der Waals surface area contributed by atoms with Crippen molar-refractivity contribution in [2.45, 2.75) is 25.8 Å². The molecule has 1 unspecified atom stereocenters. The first-order chi connectivity index (χ1) is 8.24. The molecule has 5 nitrogen and oxygen atoms in total. The number of amides is 1. The van der Waals surface area contributed by atoms with Crippen LogP contribution in [-0.2, 0) is 18.4 Å². The lowest BCUT2D eigenvalue weighted by atomic mass is 10.0. The molecule has 18 heavy (non-hydrogen) atoms. The van der Waals surface area contributed by atoms with E-state index < -0.39 is 0 Å². The van der Waals surface area contributed by atoms with Gasteiger partial charge in [-0.05, 0) is 31.8 Å². The average Bonchev–Trinajstić information content (AvgIpc) is 2.95. The maximum Gasteiger partial charge on any atom is 0.220 e. The molecule has 1 atom stereocenters. The fourth-order valence-electron chi connectivity index (χ4n) is 2.15. The maximum atomic E-state index is 11.6. The van der Waals surface area contributed by atoms with E-state index in [-0.39, 0.29) is 18.3 Å². The van der Waals surface area contributed by atoms with Crippen molar-refractivity contribution < 1.29 is 4.79 Å². The molecule has 1 saturated heterocycles. The van der Waals surface area contributed by atoms with Crippen LogP contribution in [0, 0.1) is 5.92 Å². The van der Waals surface area contributed by atoms with Crippen LogP contribution >= 0.6 is 12.4 Å². The molecule has 0 radical (unpaired) electrons. The Morgan fingerprint density at radius 1 is 1.67 bits per heavy atom. The summed E-state index contributed by atoms with van der Waals surface area (Å²) in [4.78, 5) is 11.6. The second-order valence-corrected chi connectivity index (χ2v) is 4.70. The summed E-state index contributed by atoms with van der Waals surface area (Å²) in [5.41, 5.74) is 1.04. The molecule has 1 aliphatic heterocycles. The van der Waals surface area contributed by atoms with E-state index in [0.717, 1.165) is 25.1 Å². The SMILES string of the molecule is Cl.Cn1cc(CNC(=O)CCC2CCNC2)cn1. The normalized spacial score (nSPS) is 18.4. The standard InChI is InChI=1S/C12H20N4O.ClH/c1-16-9-11(8-15-16)7-14-12(17)3-2-10-4-5-13-6-10;/h8-10,13H,2-7H2,1H3,(H,14,17);1H. The summed E-state index contributed by atoms with van der Waals surface area (Å²) in [7, 11) is 1.87. The first-order valence-corrected chi connectivity index (χ1v) is 6.19. The first kappa shape index (κ1) is 15.0. The van der Waals surface area contributed by atoms with Crippen molar-refractivity contribution in [2.75, 3.05) is 13.1 Å². The summed E-state index contributed by atoms with van der Waals surface area (Å²) in [6.45, 7) is 2.74. The van der Waals surface area contributed by atoms with Gasteiger partial charge < -0.3 is 10.6 Å². The largest absolute Gasteiger partial charge is 0.352 e. The third kappa shape index (κ3) is 4.66. The minimum atomic E-state index is 0. The van der Waals surface area contributed by atoms with E-state index in [0.29, 0.717) is 18.9 Å². The predicted molar refractivity (Wildman–Crippen MR) is 72.5 cm³/mol. The van der Waals surface area contributed by atoms with E-state index in [1.807, 2.05) is 13.2 Å². The molecule has 1 aromatic rings. The Labute approximate surface area is 114 Å². The molecule has 2 N–H and O–H groups in total. The zero-order valence-corrected chi connectivity index (χ0v) is 11.5. The van der Waals surface area contributed by atoms with E-state index >= 15 is 0 Å². The van der Waals surface area contributed by atoms with E-state index in [2.05, 4.69) is 15.7 Å². The highest BCUT2D eigenvalue weighted by Gasteiger charge is 2.15. The molecule has 0 bridgehead atoms. The number of carbonyl (C=O) groups is 1. The highest BCUT2D eigenvalue weighted by molar-refractivity contribution is 5.85. The van der Waals surface area contributed by atoms with Crippen LogP contribution in [0.25, 0.3) is 0 Å². The van der Waals surface area contributed by atoms with Gasteiger partial charge in [0.1, 0.15) is 0 Å². The Kier molecular flexibility index (Phi) is 6.15. The monoisotopic (exact) mass is 272 g/mol. The summed E-state index contributed by atoms with van der Waals surface area (Å²) in [6, 6.07) is 0. The topological polar surface area (TPSA) is 59.0 Å². The molecule has 102 valence electrons. The van der Waals surface area contributed by atoms with Gasteiger partial charge in [0.2, 0.25) is 5.91 Å². The van der Waals surface area contributed by atoms with E-state index in [4.69, 9.17) is 0 Å². The lowest BCUT2D eigenvalue weighted by molar-refractivity contribution is -0.121. The number of hydrogen-bond acceptors (Lipinski definition) is 3. The first-order valence-electron chi connectivity index (χ1n) is 6.19. The van der Waals surface area contributed by atoms with Crippen molar-refractivity contribution in [2.24, 2.45) is 13.0 Å². The number of halogens is 1. The Morgan fingerprint density at radius 2 is 2.50 bits per heavy atom. The Hall–Kier alpha value is -1.07. The molecule has 0 aliphatic carbocycles. The van der Waals surface area contributed by atoms with Crippen LogP contribution < -0.4 is 10.6 Å². The molecule has 0 saturated carbocycles. The molecule has 6 heteroatoms. The van der Waals surface area contributed by atoms with Gasteiger partial charge in [-0.1, -0.05) is 0 Å². The van der Waals surface area contributed by atoms with Crippen molar-refractivity contribution in [3.05, 3.63) is 18.0 Å². The van der Waals surface area contributed by atoms with E-state index in [9.17, 15) is 4.79 Å². The number of carbonyl (C=O) groups excluding carboxylic acids is 1. The van der Waals surface area contributed by atoms with Crippen LogP contribution in [0.1, 0.15) is 24.8 Å². The van der Waals surface area contributed by atoms with Gasteiger partial charge in [-0.2, -0.15) is 5.10 Å². The molecule has 2 heterocycles. The molecule has 1 amide bonds. The third-order valence-corrected chi connectivity index (χ3v) is 3.19. The zero-order chi connectivity index (χ0) is 12.1. The van der Waals surface area contributed by atoms with Crippen LogP contribution in [0.3, 0.4) is 0 Å². The highest BCUT2D eigenvalue weighted by atomic mass is 35.5. The molecule has 1 fully saturated rings. The van der Waals surface area contributed by atoms with Crippen molar-refractivity contribution in [3.63, 3.8) is 0 Å². The Bertz CT molecular complexity index is 374.